The Morgan fingerprint density at radius 2 is 1.95 bits per heavy atom. The van der Waals surface area contributed by atoms with Crippen LogP contribution in [0.3, 0.4) is 0 Å². The van der Waals surface area contributed by atoms with E-state index in [1.807, 2.05) is 6.08 Å². The molecule has 5 rings (SSSR count). The Morgan fingerprint density at radius 3 is 2.70 bits per heavy atom. The van der Waals surface area contributed by atoms with Gasteiger partial charge in [-0.2, -0.15) is 0 Å². The first-order valence-corrected chi connectivity index (χ1v) is 14.3. The van der Waals surface area contributed by atoms with Gasteiger partial charge in [-0.05, 0) is 68.4 Å². The zero-order valence-corrected chi connectivity index (χ0v) is 22.9. The maximum atomic E-state index is 15.5. The van der Waals surface area contributed by atoms with Crippen molar-refractivity contribution in [2.75, 3.05) is 13.2 Å². The molecule has 0 aromatic heterocycles. The third-order valence-corrected chi connectivity index (χ3v) is 8.30. The Labute approximate surface area is 233 Å². The summed E-state index contributed by atoms with van der Waals surface area (Å²) < 4.78 is 53.4. The average Bonchev–Trinajstić information content (AvgIpc) is 3.15. The van der Waals surface area contributed by atoms with Gasteiger partial charge in [-0.25, -0.2) is 13.6 Å². The lowest BCUT2D eigenvalue weighted by Gasteiger charge is -2.29. The van der Waals surface area contributed by atoms with Gasteiger partial charge in [0.1, 0.15) is 11.9 Å². The van der Waals surface area contributed by atoms with Crippen molar-refractivity contribution in [2.24, 2.45) is 11.8 Å². The number of hydrogen-bond donors (Lipinski definition) is 0. The van der Waals surface area contributed by atoms with Crippen molar-refractivity contribution in [1.29, 1.82) is 0 Å². The van der Waals surface area contributed by atoms with Crippen LogP contribution in [0.2, 0.25) is 0 Å². The number of ether oxygens (including phenoxy) is 4. The molecule has 2 aromatic rings. The topological polar surface area (TPSA) is 71.1 Å². The standard InChI is InChI=1S/C32H36F2O6/c1-3-37-32(36)24-14-12-20-11-13-22-23(15-16-26(35)19(2)21-8-4-5-9-25(21)33)27(39-29-10-6-7-17-38-29)18-28(22)40-31(20)30(24)34/h4-5,8-9,12,14-16,19,22-23,27-29H,3,6-7,10-11,13,17-18H2,1-2H3/b16-15+/t19-,22-,23-,27-,28+,29?/m1/s1. The fourth-order valence-corrected chi connectivity index (χ4v) is 6.11. The van der Waals surface area contributed by atoms with Gasteiger partial charge in [0, 0.05) is 30.8 Å². The van der Waals surface area contributed by atoms with Crippen LogP contribution in [0.25, 0.3) is 0 Å². The molecule has 8 heteroatoms. The number of fused-ring (bicyclic) bond motifs is 2. The van der Waals surface area contributed by atoms with E-state index in [1.165, 1.54) is 18.2 Å². The number of carbonyl (C=O) groups is 2. The number of allylic oxidation sites excluding steroid dienone is 1. The van der Waals surface area contributed by atoms with Crippen LogP contribution in [0, 0.1) is 23.5 Å². The lowest BCUT2D eigenvalue weighted by atomic mass is 9.87. The number of hydrogen-bond acceptors (Lipinski definition) is 6. The molecular weight excluding hydrogens is 518 g/mol. The third kappa shape index (κ3) is 5.98. The molecule has 0 radical (unpaired) electrons. The molecule has 0 N–H and O–H groups in total. The van der Waals surface area contributed by atoms with Crippen LogP contribution >= 0.6 is 0 Å². The van der Waals surface area contributed by atoms with E-state index in [4.69, 9.17) is 18.9 Å². The van der Waals surface area contributed by atoms with E-state index in [-0.39, 0.29) is 54.0 Å². The highest BCUT2D eigenvalue weighted by Gasteiger charge is 2.47. The van der Waals surface area contributed by atoms with Gasteiger partial charge in [0.05, 0.1) is 18.3 Å². The molecule has 3 aliphatic rings. The average molecular weight is 555 g/mol. The summed E-state index contributed by atoms with van der Waals surface area (Å²) in [6.07, 6.45) is 6.87. The molecule has 1 unspecified atom stereocenters. The zero-order chi connectivity index (χ0) is 28.2. The Hall–Kier alpha value is -3.10. The third-order valence-electron chi connectivity index (χ3n) is 8.30. The Morgan fingerprint density at radius 1 is 1.12 bits per heavy atom. The molecule has 1 saturated carbocycles. The molecular formula is C32H36F2O6. The monoisotopic (exact) mass is 554 g/mol. The predicted octanol–water partition coefficient (Wildman–Crippen LogP) is 6.31. The van der Waals surface area contributed by atoms with Crippen LogP contribution in [-0.2, 0) is 25.4 Å². The van der Waals surface area contributed by atoms with Crippen molar-refractivity contribution < 1.29 is 37.3 Å². The Bertz CT molecular complexity index is 1250. The van der Waals surface area contributed by atoms with Gasteiger partial charge >= 0.3 is 5.97 Å². The minimum absolute atomic E-state index is 0.0562. The fourth-order valence-electron chi connectivity index (χ4n) is 6.11. The number of rotatable bonds is 8. The van der Waals surface area contributed by atoms with Gasteiger partial charge in [0.2, 0.25) is 0 Å². The molecule has 0 amide bonds. The van der Waals surface area contributed by atoms with Crippen molar-refractivity contribution in [1.82, 2.24) is 0 Å². The maximum absolute atomic E-state index is 15.5. The smallest absolute Gasteiger partial charge is 0.341 e. The largest absolute Gasteiger partial charge is 0.487 e. The van der Waals surface area contributed by atoms with Crippen LogP contribution in [0.1, 0.15) is 73.4 Å². The number of halogens is 2. The second kappa shape index (κ2) is 12.6. The summed E-state index contributed by atoms with van der Waals surface area (Å²) in [5, 5.41) is 0. The van der Waals surface area contributed by atoms with E-state index in [0.717, 1.165) is 19.3 Å². The van der Waals surface area contributed by atoms with Crippen molar-refractivity contribution in [2.45, 2.75) is 76.8 Å². The molecule has 6 nitrogen and oxygen atoms in total. The van der Waals surface area contributed by atoms with Crippen molar-refractivity contribution in [3.05, 3.63) is 76.9 Å². The molecule has 214 valence electrons. The van der Waals surface area contributed by atoms with Crippen molar-refractivity contribution in [3.63, 3.8) is 0 Å². The zero-order valence-electron chi connectivity index (χ0n) is 22.9. The van der Waals surface area contributed by atoms with Crippen LogP contribution in [0.15, 0.2) is 48.6 Å². The van der Waals surface area contributed by atoms with E-state index in [9.17, 15) is 14.0 Å². The van der Waals surface area contributed by atoms with E-state index in [2.05, 4.69) is 0 Å². The minimum Gasteiger partial charge on any atom is -0.487 e. The number of esters is 1. The summed E-state index contributed by atoms with van der Waals surface area (Å²) in [7, 11) is 0. The van der Waals surface area contributed by atoms with Gasteiger partial charge in [0.25, 0.3) is 0 Å². The van der Waals surface area contributed by atoms with Crippen LogP contribution in [-0.4, -0.2) is 43.5 Å². The van der Waals surface area contributed by atoms with E-state index < -0.39 is 23.5 Å². The maximum Gasteiger partial charge on any atom is 0.341 e. The first-order chi connectivity index (χ1) is 19.4. The second-order valence-corrected chi connectivity index (χ2v) is 10.8. The molecule has 1 aliphatic carbocycles. The quantitative estimate of drug-likeness (QED) is 0.281. The van der Waals surface area contributed by atoms with Gasteiger partial charge in [0.15, 0.2) is 23.6 Å². The summed E-state index contributed by atoms with van der Waals surface area (Å²) in [5.41, 5.74) is 0.899. The molecule has 0 spiro atoms. The summed E-state index contributed by atoms with van der Waals surface area (Å²) in [6.45, 7) is 4.15. The Kier molecular flexibility index (Phi) is 8.96. The summed E-state index contributed by atoms with van der Waals surface area (Å²) >= 11 is 0. The first-order valence-electron chi connectivity index (χ1n) is 14.3. The molecule has 6 atom stereocenters. The molecule has 1 saturated heterocycles. The lowest BCUT2D eigenvalue weighted by Crippen LogP contribution is -2.31. The van der Waals surface area contributed by atoms with Crippen LogP contribution in [0.5, 0.6) is 5.75 Å². The number of aryl methyl sites for hydroxylation is 1. The normalized spacial score (nSPS) is 26.9. The van der Waals surface area contributed by atoms with Crippen LogP contribution in [0.4, 0.5) is 8.78 Å². The van der Waals surface area contributed by atoms with Crippen LogP contribution < -0.4 is 4.74 Å². The molecule has 2 heterocycles. The number of ketones is 1. The van der Waals surface area contributed by atoms with E-state index in [1.54, 1.807) is 38.1 Å². The van der Waals surface area contributed by atoms with Gasteiger partial charge in [-0.1, -0.05) is 37.3 Å². The molecule has 2 aliphatic heterocycles. The van der Waals surface area contributed by atoms with E-state index >= 15 is 4.39 Å². The second-order valence-electron chi connectivity index (χ2n) is 10.8. The minimum atomic E-state index is -0.724. The summed E-state index contributed by atoms with van der Waals surface area (Å²) in [6, 6.07) is 9.46. The molecule has 0 bridgehead atoms. The fraction of sp³-hybridized carbons (Fsp3) is 0.500. The number of carbonyl (C=O) groups excluding carboxylic acids is 2. The van der Waals surface area contributed by atoms with E-state index in [0.29, 0.717) is 37.0 Å². The molecule has 2 fully saturated rings. The SMILES string of the molecule is CCOC(=O)c1ccc2c(c1F)O[C@H]1C[C@@H](OC3CCCCO3)[C@H](/C=C/C(=O)[C@H](C)c3ccccc3F)[C@H]1CC2. The van der Waals surface area contributed by atoms with Crippen molar-refractivity contribution >= 4 is 11.8 Å². The molecule has 40 heavy (non-hydrogen) atoms. The number of benzene rings is 2. The highest BCUT2D eigenvalue weighted by Crippen LogP contribution is 2.45. The van der Waals surface area contributed by atoms with Gasteiger partial charge in [-0.15, -0.1) is 0 Å². The highest BCUT2D eigenvalue weighted by molar-refractivity contribution is 5.95. The van der Waals surface area contributed by atoms with Gasteiger partial charge < -0.3 is 18.9 Å². The first kappa shape index (κ1) is 28.4. The lowest BCUT2D eigenvalue weighted by molar-refractivity contribution is -0.193. The Balaban J connectivity index is 1.39. The summed E-state index contributed by atoms with van der Waals surface area (Å²) in [5.74, 6) is -2.85. The predicted molar refractivity (Wildman–Crippen MR) is 144 cm³/mol. The summed E-state index contributed by atoms with van der Waals surface area (Å²) in [4.78, 5) is 25.4. The molecule has 2 aromatic carbocycles. The van der Waals surface area contributed by atoms with Crippen molar-refractivity contribution in [3.8, 4) is 5.75 Å². The van der Waals surface area contributed by atoms with Gasteiger partial charge in [-0.3, -0.25) is 4.79 Å². The highest BCUT2D eigenvalue weighted by atomic mass is 19.1.